The minimum Gasteiger partial charge on any atom is -0.345 e. The Morgan fingerprint density at radius 1 is 1.26 bits per heavy atom. The van der Waals surface area contributed by atoms with Gasteiger partial charge in [0.15, 0.2) is 0 Å². The molecule has 0 aliphatic carbocycles. The summed E-state index contributed by atoms with van der Waals surface area (Å²) >= 11 is 0. The monoisotopic (exact) mass is 391 g/mol. The number of hydrogen-bond donors (Lipinski definition) is 1. The summed E-state index contributed by atoms with van der Waals surface area (Å²) in [7, 11) is 0.109. The summed E-state index contributed by atoms with van der Waals surface area (Å²) in [4.78, 5) is 17.7. The van der Waals surface area contributed by atoms with Gasteiger partial charge in [-0.15, -0.1) is 0 Å². The van der Waals surface area contributed by atoms with Gasteiger partial charge >= 0.3 is 0 Å². The molecule has 1 saturated heterocycles. The van der Waals surface area contributed by atoms with E-state index in [1.165, 1.54) is 4.90 Å². The minimum absolute atomic E-state index is 0.0915. The van der Waals surface area contributed by atoms with Crippen molar-refractivity contribution in [1.82, 2.24) is 24.4 Å². The molecule has 3 rings (SSSR count). The van der Waals surface area contributed by atoms with Gasteiger partial charge in [-0.25, -0.2) is 12.7 Å². The SMILES string of the molecule is CN(C)C(=O)c1cn[nH]c1C1CCN(S(=O)(=O)CCc2ccncc2)CC1. The summed E-state index contributed by atoms with van der Waals surface area (Å²) in [5.74, 6) is 0.111. The topological polar surface area (TPSA) is 99.3 Å². The van der Waals surface area contributed by atoms with E-state index in [-0.39, 0.29) is 17.6 Å². The van der Waals surface area contributed by atoms with E-state index in [4.69, 9.17) is 0 Å². The molecule has 146 valence electrons. The molecule has 1 fully saturated rings. The molecule has 0 spiro atoms. The van der Waals surface area contributed by atoms with Crippen molar-refractivity contribution in [2.45, 2.75) is 25.2 Å². The van der Waals surface area contributed by atoms with E-state index in [0.29, 0.717) is 37.9 Å². The quantitative estimate of drug-likeness (QED) is 0.799. The summed E-state index contributed by atoms with van der Waals surface area (Å²) < 4.78 is 26.9. The summed E-state index contributed by atoms with van der Waals surface area (Å²) in [6.45, 7) is 0.913. The first kappa shape index (κ1) is 19.5. The van der Waals surface area contributed by atoms with Crippen molar-refractivity contribution in [3.8, 4) is 0 Å². The lowest BCUT2D eigenvalue weighted by Crippen LogP contribution is -2.40. The van der Waals surface area contributed by atoms with Crippen LogP contribution < -0.4 is 0 Å². The van der Waals surface area contributed by atoms with Crippen LogP contribution in [0.25, 0.3) is 0 Å². The maximum atomic E-state index is 12.6. The van der Waals surface area contributed by atoms with Crippen molar-refractivity contribution in [2.24, 2.45) is 0 Å². The maximum Gasteiger partial charge on any atom is 0.256 e. The third-order valence-electron chi connectivity index (χ3n) is 4.96. The second-order valence-electron chi connectivity index (χ2n) is 6.99. The number of sulfonamides is 1. The van der Waals surface area contributed by atoms with Gasteiger partial charge in [-0.2, -0.15) is 5.10 Å². The Morgan fingerprint density at radius 2 is 1.93 bits per heavy atom. The Morgan fingerprint density at radius 3 is 2.56 bits per heavy atom. The van der Waals surface area contributed by atoms with Crippen molar-refractivity contribution in [1.29, 1.82) is 0 Å². The Labute approximate surface area is 159 Å². The van der Waals surface area contributed by atoms with Gasteiger partial charge in [0.1, 0.15) is 0 Å². The average molecular weight is 391 g/mol. The van der Waals surface area contributed by atoms with Crippen LogP contribution in [-0.2, 0) is 16.4 Å². The molecular formula is C18H25N5O3S. The molecule has 1 aliphatic heterocycles. The zero-order valence-electron chi connectivity index (χ0n) is 15.6. The fourth-order valence-electron chi connectivity index (χ4n) is 3.37. The summed E-state index contributed by atoms with van der Waals surface area (Å²) in [5, 5.41) is 6.96. The van der Waals surface area contributed by atoms with Gasteiger partial charge in [-0.3, -0.25) is 14.9 Å². The first-order valence-corrected chi connectivity index (χ1v) is 10.6. The molecule has 1 aliphatic rings. The van der Waals surface area contributed by atoms with Crippen LogP contribution in [0.2, 0.25) is 0 Å². The first-order chi connectivity index (χ1) is 12.9. The molecular weight excluding hydrogens is 366 g/mol. The van der Waals surface area contributed by atoms with Crippen molar-refractivity contribution in [3.05, 3.63) is 47.5 Å². The highest BCUT2D eigenvalue weighted by Gasteiger charge is 2.31. The lowest BCUT2D eigenvalue weighted by molar-refractivity contribution is 0.0825. The Kier molecular flexibility index (Phi) is 5.91. The number of aromatic amines is 1. The highest BCUT2D eigenvalue weighted by molar-refractivity contribution is 7.89. The molecule has 0 aromatic carbocycles. The second kappa shape index (κ2) is 8.18. The lowest BCUT2D eigenvalue weighted by Gasteiger charge is -2.31. The summed E-state index contributed by atoms with van der Waals surface area (Å²) in [6, 6.07) is 3.67. The summed E-state index contributed by atoms with van der Waals surface area (Å²) in [6.07, 6.45) is 6.71. The molecule has 0 atom stereocenters. The van der Waals surface area contributed by atoms with Crippen LogP contribution in [0, 0.1) is 0 Å². The highest BCUT2D eigenvalue weighted by Crippen LogP contribution is 2.30. The largest absolute Gasteiger partial charge is 0.345 e. The number of aromatic nitrogens is 3. The number of hydrogen-bond acceptors (Lipinski definition) is 5. The van der Waals surface area contributed by atoms with Crippen LogP contribution in [0.3, 0.4) is 0 Å². The third kappa shape index (κ3) is 4.54. The van der Waals surface area contributed by atoms with Crippen LogP contribution in [0.15, 0.2) is 30.7 Å². The fraction of sp³-hybridized carbons (Fsp3) is 0.500. The van der Waals surface area contributed by atoms with Crippen molar-refractivity contribution in [2.75, 3.05) is 32.9 Å². The molecule has 27 heavy (non-hydrogen) atoms. The van der Waals surface area contributed by atoms with Gasteiger partial charge in [0.2, 0.25) is 10.0 Å². The maximum absolute atomic E-state index is 12.6. The van der Waals surface area contributed by atoms with Gasteiger partial charge in [0.25, 0.3) is 5.91 Å². The molecule has 2 aromatic rings. The van der Waals surface area contributed by atoms with Gasteiger partial charge in [0.05, 0.1) is 23.2 Å². The zero-order valence-corrected chi connectivity index (χ0v) is 16.4. The molecule has 2 aromatic heterocycles. The Balaban J connectivity index is 1.60. The van der Waals surface area contributed by atoms with Crippen LogP contribution in [0.5, 0.6) is 0 Å². The van der Waals surface area contributed by atoms with E-state index < -0.39 is 10.0 Å². The van der Waals surface area contributed by atoms with E-state index in [2.05, 4.69) is 15.2 Å². The molecule has 1 N–H and O–H groups in total. The third-order valence-corrected chi connectivity index (χ3v) is 6.83. The zero-order chi connectivity index (χ0) is 19.4. The Hall–Kier alpha value is -2.26. The number of rotatable bonds is 6. The molecule has 8 nitrogen and oxygen atoms in total. The van der Waals surface area contributed by atoms with Crippen LogP contribution in [0.4, 0.5) is 0 Å². The molecule has 1 amide bonds. The molecule has 0 radical (unpaired) electrons. The normalized spacial score (nSPS) is 16.4. The van der Waals surface area contributed by atoms with Crippen molar-refractivity contribution < 1.29 is 13.2 Å². The number of piperidine rings is 1. The number of nitrogens with one attached hydrogen (secondary N) is 1. The van der Waals surface area contributed by atoms with Gasteiger partial charge in [0, 0.05) is 45.5 Å². The Bertz CT molecular complexity index is 871. The van der Waals surface area contributed by atoms with Crippen LogP contribution >= 0.6 is 0 Å². The number of aryl methyl sites for hydroxylation is 1. The molecule has 0 unspecified atom stereocenters. The predicted octanol–water partition coefficient (Wildman–Crippen LogP) is 1.26. The number of carbonyl (C=O) groups is 1. The van der Waals surface area contributed by atoms with Gasteiger partial charge in [-0.1, -0.05) is 0 Å². The second-order valence-corrected chi connectivity index (χ2v) is 9.08. The van der Waals surface area contributed by atoms with Crippen LogP contribution in [0.1, 0.15) is 40.4 Å². The van der Waals surface area contributed by atoms with Gasteiger partial charge in [-0.05, 0) is 37.0 Å². The summed E-state index contributed by atoms with van der Waals surface area (Å²) in [5.41, 5.74) is 2.34. The van der Waals surface area contributed by atoms with E-state index in [0.717, 1.165) is 11.3 Å². The predicted molar refractivity (Wildman–Crippen MR) is 102 cm³/mol. The number of amides is 1. The van der Waals surface area contributed by atoms with E-state index in [1.807, 2.05) is 12.1 Å². The van der Waals surface area contributed by atoms with Crippen LogP contribution in [-0.4, -0.2) is 71.6 Å². The average Bonchev–Trinajstić information content (AvgIpc) is 3.16. The van der Waals surface area contributed by atoms with Gasteiger partial charge < -0.3 is 4.90 Å². The number of carbonyl (C=O) groups excluding carboxylic acids is 1. The van der Waals surface area contributed by atoms with E-state index in [1.54, 1.807) is 37.0 Å². The fourth-order valence-corrected chi connectivity index (χ4v) is 4.89. The van der Waals surface area contributed by atoms with Crippen molar-refractivity contribution in [3.63, 3.8) is 0 Å². The molecule has 0 saturated carbocycles. The lowest BCUT2D eigenvalue weighted by atomic mass is 9.92. The number of nitrogens with zero attached hydrogens (tertiary/aromatic N) is 4. The van der Waals surface area contributed by atoms with E-state index in [9.17, 15) is 13.2 Å². The number of H-pyrrole nitrogens is 1. The standard InChI is InChI=1S/C18H25N5O3S/c1-22(2)18(24)16-13-20-21-17(16)15-5-10-23(11-6-15)27(25,26)12-7-14-3-8-19-9-4-14/h3-4,8-9,13,15H,5-7,10-12H2,1-2H3,(H,20,21). The van der Waals surface area contributed by atoms with Crippen molar-refractivity contribution >= 4 is 15.9 Å². The molecule has 3 heterocycles. The molecule has 0 bridgehead atoms. The molecule has 9 heteroatoms. The number of pyridine rings is 1. The van der Waals surface area contributed by atoms with E-state index >= 15 is 0 Å². The smallest absolute Gasteiger partial charge is 0.256 e. The first-order valence-electron chi connectivity index (χ1n) is 9.00. The highest BCUT2D eigenvalue weighted by atomic mass is 32.2. The minimum atomic E-state index is -3.30.